The topological polar surface area (TPSA) is 74.2 Å². The molecular weight excluding hydrogens is 202 g/mol. The van der Waals surface area contributed by atoms with Crippen LogP contribution in [0, 0.1) is 0 Å². The first-order valence-electron chi connectivity index (χ1n) is 4.86. The highest BCUT2D eigenvalue weighted by Crippen LogP contribution is 2.34. The summed E-state index contributed by atoms with van der Waals surface area (Å²) >= 11 is 0. The van der Waals surface area contributed by atoms with Gasteiger partial charge in [0.1, 0.15) is 5.75 Å². The van der Waals surface area contributed by atoms with Crippen molar-refractivity contribution < 1.29 is 4.74 Å². The average molecular weight is 215 g/mol. The fourth-order valence-electron chi connectivity index (χ4n) is 1.57. The molecule has 0 saturated carbocycles. The second-order valence-corrected chi connectivity index (χ2v) is 3.39. The maximum atomic E-state index is 5.92. The van der Waals surface area contributed by atoms with E-state index in [2.05, 4.69) is 4.98 Å². The molecule has 1 heterocycles. The highest BCUT2D eigenvalue weighted by atomic mass is 16.5. The van der Waals surface area contributed by atoms with Crippen molar-refractivity contribution in [1.29, 1.82) is 0 Å². The van der Waals surface area contributed by atoms with Gasteiger partial charge in [-0.3, -0.25) is 4.98 Å². The molecule has 0 amide bonds. The first-order chi connectivity index (χ1) is 7.74. The molecule has 4 nitrogen and oxygen atoms in total. The zero-order valence-corrected chi connectivity index (χ0v) is 8.97. The molecule has 0 fully saturated rings. The standard InChI is InChI=1S/C12H13N3O/c1-16-11-5-3-2-4-8(11)9-6-15-7-10(13)12(9)14/h2-7H,13H2,1H3,(H2,14,15). The number of ether oxygens (including phenoxy) is 1. The molecule has 2 rings (SSSR count). The predicted molar refractivity (Wildman–Crippen MR) is 65.0 cm³/mol. The van der Waals surface area contributed by atoms with Crippen LogP contribution in [0.3, 0.4) is 0 Å². The summed E-state index contributed by atoms with van der Waals surface area (Å²) in [6.07, 6.45) is 3.22. The molecule has 0 aliphatic heterocycles. The highest BCUT2D eigenvalue weighted by molar-refractivity contribution is 5.85. The summed E-state index contributed by atoms with van der Waals surface area (Å²) in [6, 6.07) is 7.61. The fraction of sp³-hybridized carbons (Fsp3) is 0.0833. The van der Waals surface area contributed by atoms with Crippen LogP contribution in [0.4, 0.5) is 11.4 Å². The number of nitrogens with two attached hydrogens (primary N) is 2. The maximum absolute atomic E-state index is 5.92. The second-order valence-electron chi connectivity index (χ2n) is 3.39. The van der Waals surface area contributed by atoms with Crippen molar-refractivity contribution in [3.63, 3.8) is 0 Å². The number of pyridine rings is 1. The molecule has 0 radical (unpaired) electrons. The van der Waals surface area contributed by atoms with E-state index in [9.17, 15) is 0 Å². The molecule has 0 spiro atoms. The van der Waals surface area contributed by atoms with E-state index in [-0.39, 0.29) is 0 Å². The number of nitrogens with zero attached hydrogens (tertiary/aromatic N) is 1. The summed E-state index contributed by atoms with van der Waals surface area (Å²) in [4.78, 5) is 4.04. The maximum Gasteiger partial charge on any atom is 0.126 e. The third-order valence-corrected chi connectivity index (χ3v) is 2.42. The van der Waals surface area contributed by atoms with Crippen LogP contribution in [0.2, 0.25) is 0 Å². The van der Waals surface area contributed by atoms with E-state index in [0.29, 0.717) is 11.4 Å². The summed E-state index contributed by atoms with van der Waals surface area (Å²) in [6.45, 7) is 0. The van der Waals surface area contributed by atoms with Crippen LogP contribution in [-0.2, 0) is 0 Å². The van der Waals surface area contributed by atoms with Crippen molar-refractivity contribution in [2.75, 3.05) is 18.6 Å². The molecule has 1 aromatic carbocycles. The summed E-state index contributed by atoms with van der Waals surface area (Å²) in [7, 11) is 1.62. The molecule has 0 aliphatic carbocycles. The highest BCUT2D eigenvalue weighted by Gasteiger charge is 2.09. The van der Waals surface area contributed by atoms with Crippen molar-refractivity contribution in [2.24, 2.45) is 0 Å². The number of para-hydroxylation sites is 1. The largest absolute Gasteiger partial charge is 0.496 e. The van der Waals surface area contributed by atoms with Crippen molar-refractivity contribution in [3.8, 4) is 16.9 Å². The molecule has 0 unspecified atom stereocenters. The molecule has 0 atom stereocenters. The molecule has 1 aromatic heterocycles. The van der Waals surface area contributed by atoms with E-state index in [1.807, 2.05) is 24.3 Å². The van der Waals surface area contributed by atoms with Crippen LogP contribution in [0.5, 0.6) is 5.75 Å². The summed E-state index contributed by atoms with van der Waals surface area (Å²) in [5, 5.41) is 0. The first kappa shape index (κ1) is 10.3. The number of hydrogen-bond donors (Lipinski definition) is 2. The van der Waals surface area contributed by atoms with Crippen LogP contribution in [-0.4, -0.2) is 12.1 Å². The number of methoxy groups -OCH3 is 1. The number of anilines is 2. The van der Waals surface area contributed by atoms with Gasteiger partial charge in [-0.1, -0.05) is 18.2 Å². The van der Waals surface area contributed by atoms with Gasteiger partial charge in [0, 0.05) is 17.3 Å². The summed E-state index contributed by atoms with van der Waals surface area (Å²) in [5.74, 6) is 0.751. The Morgan fingerprint density at radius 1 is 1.06 bits per heavy atom. The van der Waals surface area contributed by atoms with Crippen molar-refractivity contribution >= 4 is 11.4 Å². The lowest BCUT2D eigenvalue weighted by molar-refractivity contribution is 0.416. The van der Waals surface area contributed by atoms with Crippen LogP contribution < -0.4 is 16.2 Å². The Labute approximate surface area is 93.9 Å². The molecule has 4 heteroatoms. The van der Waals surface area contributed by atoms with Crippen LogP contribution in [0.15, 0.2) is 36.7 Å². The van der Waals surface area contributed by atoms with E-state index < -0.39 is 0 Å². The molecule has 0 saturated heterocycles. The monoisotopic (exact) mass is 215 g/mol. The third-order valence-electron chi connectivity index (χ3n) is 2.42. The quantitative estimate of drug-likeness (QED) is 0.802. The van der Waals surface area contributed by atoms with E-state index in [0.717, 1.165) is 16.9 Å². The summed E-state index contributed by atoms with van der Waals surface area (Å²) in [5.41, 5.74) is 14.3. The van der Waals surface area contributed by atoms with E-state index in [1.165, 1.54) is 6.20 Å². The minimum Gasteiger partial charge on any atom is -0.496 e. The lowest BCUT2D eigenvalue weighted by atomic mass is 10.0. The lowest BCUT2D eigenvalue weighted by Crippen LogP contribution is -1.99. The minimum atomic E-state index is 0.475. The van der Waals surface area contributed by atoms with Crippen molar-refractivity contribution in [2.45, 2.75) is 0 Å². The second kappa shape index (κ2) is 4.10. The van der Waals surface area contributed by atoms with Gasteiger partial charge in [0.25, 0.3) is 0 Å². The lowest BCUT2D eigenvalue weighted by Gasteiger charge is -2.11. The van der Waals surface area contributed by atoms with Gasteiger partial charge in [0.05, 0.1) is 24.7 Å². The Morgan fingerprint density at radius 2 is 1.81 bits per heavy atom. The van der Waals surface area contributed by atoms with Gasteiger partial charge in [-0.2, -0.15) is 0 Å². The SMILES string of the molecule is COc1ccccc1-c1cncc(N)c1N. The van der Waals surface area contributed by atoms with Gasteiger partial charge in [-0.05, 0) is 6.07 Å². The van der Waals surface area contributed by atoms with Gasteiger partial charge in [-0.25, -0.2) is 0 Å². The molecule has 4 N–H and O–H groups in total. The zero-order chi connectivity index (χ0) is 11.5. The van der Waals surface area contributed by atoms with Crippen LogP contribution >= 0.6 is 0 Å². The fourth-order valence-corrected chi connectivity index (χ4v) is 1.57. The molecule has 82 valence electrons. The predicted octanol–water partition coefficient (Wildman–Crippen LogP) is 1.92. The smallest absolute Gasteiger partial charge is 0.126 e. The Kier molecular flexibility index (Phi) is 2.64. The van der Waals surface area contributed by atoms with E-state index in [1.54, 1.807) is 13.3 Å². The van der Waals surface area contributed by atoms with E-state index >= 15 is 0 Å². The Bertz CT molecular complexity index is 511. The van der Waals surface area contributed by atoms with Gasteiger partial charge in [0.15, 0.2) is 0 Å². The molecule has 16 heavy (non-hydrogen) atoms. The number of rotatable bonds is 2. The number of hydrogen-bond acceptors (Lipinski definition) is 4. The molecule has 0 aliphatic rings. The molecule has 2 aromatic rings. The van der Waals surface area contributed by atoms with Crippen LogP contribution in [0.25, 0.3) is 11.1 Å². The number of nitrogen functional groups attached to an aromatic ring is 2. The number of benzene rings is 1. The van der Waals surface area contributed by atoms with E-state index in [4.69, 9.17) is 16.2 Å². The Morgan fingerprint density at radius 3 is 2.56 bits per heavy atom. The average Bonchev–Trinajstić information content (AvgIpc) is 2.33. The van der Waals surface area contributed by atoms with Gasteiger partial charge in [0.2, 0.25) is 0 Å². The van der Waals surface area contributed by atoms with Gasteiger partial charge < -0.3 is 16.2 Å². The zero-order valence-electron chi connectivity index (χ0n) is 8.97. The van der Waals surface area contributed by atoms with Gasteiger partial charge in [-0.15, -0.1) is 0 Å². The molecular formula is C12H13N3O. The molecule has 0 bridgehead atoms. The Balaban J connectivity index is 2.63. The Hall–Kier alpha value is -2.23. The van der Waals surface area contributed by atoms with Gasteiger partial charge >= 0.3 is 0 Å². The third kappa shape index (κ3) is 1.65. The van der Waals surface area contributed by atoms with Crippen molar-refractivity contribution in [3.05, 3.63) is 36.7 Å². The first-order valence-corrected chi connectivity index (χ1v) is 4.86. The minimum absolute atomic E-state index is 0.475. The summed E-state index contributed by atoms with van der Waals surface area (Å²) < 4.78 is 5.27. The normalized spacial score (nSPS) is 10.1. The van der Waals surface area contributed by atoms with Crippen LogP contribution in [0.1, 0.15) is 0 Å². The van der Waals surface area contributed by atoms with Crippen molar-refractivity contribution in [1.82, 2.24) is 4.98 Å². The number of aromatic nitrogens is 1.